The van der Waals surface area contributed by atoms with Gasteiger partial charge in [0, 0.05) is 19.2 Å². The van der Waals surface area contributed by atoms with Crippen LogP contribution in [0, 0.1) is 0 Å². The standard InChI is InChI=1S/C13H20N4O2/c14-13(16-19)11-6-2-7-12(15-11)17(8-3-9-18)10-4-1-5-10/h2,6-7,10,18-19H,1,3-5,8-9H2,(H2,14,16). The second-order valence-electron chi connectivity index (χ2n) is 4.72. The van der Waals surface area contributed by atoms with Gasteiger partial charge in [-0.25, -0.2) is 4.98 Å². The van der Waals surface area contributed by atoms with Crippen molar-refractivity contribution in [3.63, 3.8) is 0 Å². The van der Waals surface area contributed by atoms with Crippen LogP contribution in [-0.4, -0.2) is 40.3 Å². The maximum atomic E-state index is 9.00. The van der Waals surface area contributed by atoms with Crippen molar-refractivity contribution in [3.05, 3.63) is 23.9 Å². The van der Waals surface area contributed by atoms with E-state index in [1.165, 1.54) is 6.42 Å². The lowest BCUT2D eigenvalue weighted by Crippen LogP contribution is -2.41. The molecule has 1 fully saturated rings. The highest BCUT2D eigenvalue weighted by Gasteiger charge is 2.25. The minimum absolute atomic E-state index is 0.0116. The Morgan fingerprint density at radius 3 is 2.84 bits per heavy atom. The third kappa shape index (κ3) is 3.14. The summed E-state index contributed by atoms with van der Waals surface area (Å²) < 4.78 is 0. The molecule has 0 unspecified atom stereocenters. The molecule has 0 aromatic carbocycles. The fraction of sp³-hybridized carbons (Fsp3) is 0.538. The summed E-state index contributed by atoms with van der Waals surface area (Å²) in [7, 11) is 0. The Morgan fingerprint density at radius 2 is 2.26 bits per heavy atom. The van der Waals surface area contributed by atoms with E-state index in [-0.39, 0.29) is 12.4 Å². The molecule has 0 saturated heterocycles. The summed E-state index contributed by atoms with van der Waals surface area (Å²) in [5.41, 5.74) is 6.03. The summed E-state index contributed by atoms with van der Waals surface area (Å²) in [6, 6.07) is 5.97. The fourth-order valence-electron chi connectivity index (χ4n) is 2.20. The zero-order valence-corrected chi connectivity index (χ0v) is 10.9. The van der Waals surface area contributed by atoms with Crippen molar-refractivity contribution in [2.45, 2.75) is 31.7 Å². The number of aliphatic hydroxyl groups is 1. The highest BCUT2D eigenvalue weighted by atomic mass is 16.4. The van der Waals surface area contributed by atoms with Crippen molar-refractivity contribution < 1.29 is 10.3 Å². The molecule has 1 aliphatic carbocycles. The first-order valence-electron chi connectivity index (χ1n) is 6.58. The van der Waals surface area contributed by atoms with Crippen LogP contribution in [0.3, 0.4) is 0 Å². The molecule has 19 heavy (non-hydrogen) atoms. The maximum absolute atomic E-state index is 9.00. The molecular formula is C13H20N4O2. The summed E-state index contributed by atoms with van der Waals surface area (Å²) >= 11 is 0. The van der Waals surface area contributed by atoms with Crippen LogP contribution >= 0.6 is 0 Å². The molecule has 1 aromatic heterocycles. The molecule has 6 nitrogen and oxygen atoms in total. The van der Waals surface area contributed by atoms with Gasteiger partial charge >= 0.3 is 0 Å². The van der Waals surface area contributed by atoms with Crippen molar-refractivity contribution in [1.29, 1.82) is 0 Å². The molecule has 0 atom stereocenters. The lowest BCUT2D eigenvalue weighted by molar-refractivity contribution is 0.282. The van der Waals surface area contributed by atoms with Gasteiger partial charge < -0.3 is 20.9 Å². The van der Waals surface area contributed by atoms with Crippen LogP contribution < -0.4 is 10.6 Å². The van der Waals surface area contributed by atoms with Crippen LogP contribution in [0.5, 0.6) is 0 Å². The molecule has 0 amide bonds. The number of rotatable bonds is 6. The Hall–Kier alpha value is -1.82. The number of aromatic nitrogens is 1. The zero-order chi connectivity index (χ0) is 13.7. The first-order chi connectivity index (χ1) is 9.26. The van der Waals surface area contributed by atoms with E-state index in [1.54, 1.807) is 6.07 Å². The molecule has 0 spiro atoms. The SMILES string of the molecule is N/C(=N/O)c1cccc(N(CCCO)C2CCC2)n1. The lowest BCUT2D eigenvalue weighted by atomic mass is 9.91. The van der Waals surface area contributed by atoms with Crippen LogP contribution in [0.1, 0.15) is 31.4 Å². The molecule has 0 radical (unpaired) electrons. The third-order valence-electron chi connectivity index (χ3n) is 3.47. The van der Waals surface area contributed by atoms with E-state index in [4.69, 9.17) is 16.0 Å². The topological polar surface area (TPSA) is 95.0 Å². The Morgan fingerprint density at radius 1 is 1.47 bits per heavy atom. The number of nitrogens with zero attached hydrogens (tertiary/aromatic N) is 3. The number of nitrogens with two attached hydrogens (primary N) is 1. The van der Waals surface area contributed by atoms with Gasteiger partial charge in [0.15, 0.2) is 5.84 Å². The largest absolute Gasteiger partial charge is 0.409 e. The first kappa shape index (κ1) is 13.6. The Balaban J connectivity index is 2.20. The van der Waals surface area contributed by atoms with E-state index in [0.717, 1.165) is 25.2 Å². The van der Waals surface area contributed by atoms with Crippen molar-refractivity contribution in [3.8, 4) is 0 Å². The van der Waals surface area contributed by atoms with Gasteiger partial charge in [0.25, 0.3) is 0 Å². The van der Waals surface area contributed by atoms with Gasteiger partial charge in [-0.3, -0.25) is 0 Å². The summed E-state index contributed by atoms with van der Waals surface area (Å²) in [6.45, 7) is 0.941. The van der Waals surface area contributed by atoms with Gasteiger partial charge in [0.05, 0.1) is 0 Å². The fourth-order valence-corrected chi connectivity index (χ4v) is 2.20. The highest BCUT2D eigenvalue weighted by molar-refractivity contribution is 5.95. The van der Waals surface area contributed by atoms with Crippen LogP contribution in [-0.2, 0) is 0 Å². The Labute approximate surface area is 112 Å². The van der Waals surface area contributed by atoms with Crippen LogP contribution in [0.15, 0.2) is 23.4 Å². The summed E-state index contributed by atoms with van der Waals surface area (Å²) in [6.07, 6.45) is 4.26. The predicted octanol–water partition coefficient (Wildman–Crippen LogP) is 0.917. The number of anilines is 1. The number of aliphatic hydroxyl groups excluding tert-OH is 1. The molecule has 0 bridgehead atoms. The molecule has 1 aromatic rings. The summed E-state index contributed by atoms with van der Waals surface area (Å²) in [4.78, 5) is 6.63. The molecule has 1 aliphatic rings. The number of amidine groups is 1. The van der Waals surface area contributed by atoms with E-state index in [0.29, 0.717) is 18.2 Å². The number of hydrogen-bond donors (Lipinski definition) is 3. The van der Waals surface area contributed by atoms with E-state index in [9.17, 15) is 0 Å². The average Bonchev–Trinajstić information content (AvgIpc) is 2.40. The zero-order valence-electron chi connectivity index (χ0n) is 10.9. The molecule has 2 rings (SSSR count). The number of pyridine rings is 1. The average molecular weight is 264 g/mol. The smallest absolute Gasteiger partial charge is 0.188 e. The molecule has 4 N–H and O–H groups in total. The first-order valence-corrected chi connectivity index (χ1v) is 6.58. The van der Waals surface area contributed by atoms with Gasteiger partial charge in [-0.15, -0.1) is 0 Å². The summed E-state index contributed by atoms with van der Waals surface area (Å²) in [5.74, 6) is 0.833. The molecule has 0 aliphatic heterocycles. The highest BCUT2D eigenvalue weighted by Crippen LogP contribution is 2.28. The van der Waals surface area contributed by atoms with Crippen molar-refractivity contribution >= 4 is 11.7 Å². The number of oxime groups is 1. The van der Waals surface area contributed by atoms with Gasteiger partial charge in [-0.1, -0.05) is 11.2 Å². The van der Waals surface area contributed by atoms with Gasteiger partial charge in [0.2, 0.25) is 0 Å². The second-order valence-corrected chi connectivity index (χ2v) is 4.72. The van der Waals surface area contributed by atoms with Crippen LogP contribution in [0.25, 0.3) is 0 Å². The minimum Gasteiger partial charge on any atom is -0.409 e. The molecule has 1 saturated carbocycles. The quantitative estimate of drug-likeness (QED) is 0.307. The van der Waals surface area contributed by atoms with Crippen molar-refractivity contribution in [2.75, 3.05) is 18.1 Å². The van der Waals surface area contributed by atoms with Crippen molar-refractivity contribution in [1.82, 2.24) is 4.98 Å². The molecular weight excluding hydrogens is 244 g/mol. The predicted molar refractivity (Wildman–Crippen MR) is 73.4 cm³/mol. The van der Waals surface area contributed by atoms with E-state index < -0.39 is 0 Å². The second kappa shape index (κ2) is 6.38. The third-order valence-corrected chi connectivity index (χ3v) is 3.47. The van der Waals surface area contributed by atoms with Crippen LogP contribution in [0.2, 0.25) is 0 Å². The van der Waals surface area contributed by atoms with Crippen LogP contribution in [0.4, 0.5) is 5.82 Å². The molecule has 104 valence electrons. The monoisotopic (exact) mass is 264 g/mol. The van der Waals surface area contributed by atoms with E-state index in [2.05, 4.69) is 15.0 Å². The Kier molecular flexibility index (Phi) is 4.57. The molecule has 6 heteroatoms. The maximum Gasteiger partial charge on any atom is 0.188 e. The van der Waals surface area contributed by atoms with Gasteiger partial charge in [-0.2, -0.15) is 0 Å². The minimum atomic E-state index is 0.0116. The van der Waals surface area contributed by atoms with E-state index >= 15 is 0 Å². The van der Waals surface area contributed by atoms with Gasteiger partial charge in [0.1, 0.15) is 11.5 Å². The van der Waals surface area contributed by atoms with Crippen molar-refractivity contribution in [2.24, 2.45) is 10.9 Å². The van der Waals surface area contributed by atoms with E-state index in [1.807, 2.05) is 12.1 Å². The normalized spacial score (nSPS) is 16.2. The Bertz CT molecular complexity index is 446. The summed E-state index contributed by atoms with van der Waals surface area (Å²) in [5, 5.41) is 20.7. The van der Waals surface area contributed by atoms with Gasteiger partial charge in [-0.05, 0) is 37.8 Å². The number of hydrogen-bond acceptors (Lipinski definition) is 5. The molecule has 1 heterocycles. The lowest BCUT2D eigenvalue weighted by Gasteiger charge is -2.38.